The van der Waals surface area contributed by atoms with Crippen molar-refractivity contribution in [1.29, 1.82) is 0 Å². The number of aromatic hydroxyl groups is 1. The minimum Gasteiger partial charge on any atom is -0.508 e. The van der Waals surface area contributed by atoms with Crippen LogP contribution < -0.4 is 75.7 Å². The van der Waals surface area contributed by atoms with Crippen LogP contribution in [0.4, 0.5) is 0 Å². The molecule has 0 radical (unpaired) electrons. The molecule has 0 aliphatic carbocycles. The first-order valence-corrected chi connectivity index (χ1v) is 30.8. The largest absolute Gasteiger partial charge is 0.508 e. The Bertz CT molecular complexity index is 2820. The second-order valence-electron chi connectivity index (χ2n) is 21.6. The Balaban J connectivity index is 1.25. The number of unbranched alkanes of at least 4 members (excludes halogenated alkanes) is 3. The van der Waals surface area contributed by atoms with Crippen LogP contribution in [0.15, 0.2) is 54.6 Å². The molecular weight excluding hydrogens is 1190 g/mol. The lowest BCUT2D eigenvalue weighted by Crippen LogP contribution is -2.58. The summed E-state index contributed by atoms with van der Waals surface area (Å²) < 4.78 is 0. The Kier molecular flexibility index (Phi) is 32.2. The first-order chi connectivity index (χ1) is 42.9. The fraction of sp³-hybridized carbons (Fsp3) is 0.552. The van der Waals surface area contributed by atoms with E-state index in [2.05, 4.69) is 58.5 Å². The summed E-state index contributed by atoms with van der Waals surface area (Å²) in [6.07, 6.45) is 0.206. The van der Waals surface area contributed by atoms with Crippen molar-refractivity contribution in [3.8, 4) is 5.75 Å². The van der Waals surface area contributed by atoms with E-state index in [1.807, 2.05) is 0 Å². The summed E-state index contributed by atoms with van der Waals surface area (Å²) in [5.74, 6) is -10.0. The highest BCUT2D eigenvalue weighted by molar-refractivity contribution is 8.00. The quantitative estimate of drug-likeness (QED) is 0.0175. The number of nitrogens with one attached hydrogen (secondary N) is 11. The molecule has 0 spiro atoms. The Hall–Kier alpha value is -8.75. The van der Waals surface area contributed by atoms with Crippen LogP contribution in [0.3, 0.4) is 0 Å². The van der Waals surface area contributed by atoms with Crippen molar-refractivity contribution >= 4 is 94.5 Å². The third kappa shape index (κ3) is 27.7. The Labute approximate surface area is 524 Å². The minimum absolute atomic E-state index is 0.00000813. The number of carboxylic acid groups (broad SMARTS) is 1. The molecule has 2 saturated heterocycles. The second kappa shape index (κ2) is 39.3. The second-order valence-corrected chi connectivity index (χ2v) is 22.8. The smallest absolute Gasteiger partial charge is 0.305 e. The molecule has 6 unspecified atom stereocenters. The maximum Gasteiger partial charge on any atom is 0.305 e. The molecule has 31 nitrogen and oxygen atoms in total. The summed E-state index contributed by atoms with van der Waals surface area (Å²) in [6, 6.07) is 6.89. The van der Waals surface area contributed by atoms with E-state index in [9.17, 15) is 77.3 Å². The van der Waals surface area contributed by atoms with Gasteiger partial charge in [0.1, 0.15) is 48.3 Å². The number of aliphatic carboxylic acids is 1. The fourth-order valence-electron chi connectivity index (χ4n) is 9.40. The van der Waals surface area contributed by atoms with Gasteiger partial charge in [-0.05, 0) is 81.2 Å². The van der Waals surface area contributed by atoms with Gasteiger partial charge >= 0.3 is 5.97 Å². The van der Waals surface area contributed by atoms with Crippen molar-refractivity contribution in [2.24, 2.45) is 17.2 Å². The van der Waals surface area contributed by atoms with Gasteiger partial charge in [0.05, 0.1) is 18.2 Å². The number of carbonyl (C=O) groups excluding carboxylic acids is 13. The van der Waals surface area contributed by atoms with Crippen LogP contribution in [0, 0.1) is 0 Å². The van der Waals surface area contributed by atoms with Gasteiger partial charge in [0.2, 0.25) is 76.8 Å². The summed E-state index contributed by atoms with van der Waals surface area (Å²) in [6.45, 7) is -0.463. The first kappa shape index (κ1) is 73.7. The van der Waals surface area contributed by atoms with Crippen LogP contribution in [0.5, 0.6) is 5.75 Å². The molecular formula is C58H85N15O16S. The fourth-order valence-corrected chi connectivity index (χ4v) is 10.6. The van der Waals surface area contributed by atoms with Crippen LogP contribution in [0.1, 0.15) is 107 Å². The molecule has 19 N–H and O–H groups in total. The van der Waals surface area contributed by atoms with Gasteiger partial charge in [0.15, 0.2) is 0 Å². The number of imide groups is 1. The van der Waals surface area contributed by atoms with E-state index >= 15 is 0 Å². The molecule has 13 amide bonds. The summed E-state index contributed by atoms with van der Waals surface area (Å²) >= 11 is 0.951. The number of carboxylic acids is 1. The minimum atomic E-state index is -1.66. The summed E-state index contributed by atoms with van der Waals surface area (Å²) in [5.41, 5.74) is 18.0. The van der Waals surface area contributed by atoms with Crippen LogP contribution in [-0.4, -0.2) is 191 Å². The average Bonchev–Trinajstić information content (AvgIpc) is 2.79. The maximum atomic E-state index is 14.1. The van der Waals surface area contributed by atoms with Gasteiger partial charge in [0.25, 0.3) is 0 Å². The SMILES string of the molecule is CNC(=O)CCCC(=O)NC(Cc1ccc(O)cc1)C(=O)NCCCCCC(=O)NC(CSC1CC(=O)N(CCC(=O)NCCCCC2NC(=O)C(Cc3ccccc3)NC(=O)C(CC(=O)O)NC(=O)CNC(=O)[C@H](CCCNC(N)N)NC2=O)C1=O)C(N)=O. The Morgan fingerprint density at radius 1 is 0.633 bits per heavy atom. The molecule has 2 fully saturated rings. The molecule has 0 bridgehead atoms. The zero-order valence-electron chi connectivity index (χ0n) is 50.3. The molecule has 2 aliphatic heterocycles. The number of phenols is 1. The van der Waals surface area contributed by atoms with Crippen molar-refractivity contribution in [3.05, 3.63) is 65.7 Å². The van der Waals surface area contributed by atoms with Crippen molar-refractivity contribution in [2.45, 2.75) is 157 Å². The van der Waals surface area contributed by atoms with Gasteiger partial charge in [-0.15, -0.1) is 11.8 Å². The van der Waals surface area contributed by atoms with Gasteiger partial charge in [-0.1, -0.05) is 48.9 Å². The van der Waals surface area contributed by atoms with Crippen molar-refractivity contribution in [1.82, 2.24) is 63.4 Å². The lowest BCUT2D eigenvalue weighted by atomic mass is 10.0. The highest BCUT2D eigenvalue weighted by Gasteiger charge is 2.40. The summed E-state index contributed by atoms with van der Waals surface area (Å²) in [5, 5.41) is 46.9. The number of benzene rings is 2. The lowest BCUT2D eigenvalue weighted by Gasteiger charge is -2.26. The van der Waals surface area contributed by atoms with Gasteiger partial charge < -0.3 is 80.6 Å². The van der Waals surface area contributed by atoms with Crippen molar-refractivity contribution in [2.75, 3.05) is 45.5 Å². The zero-order chi connectivity index (χ0) is 66.1. The van der Waals surface area contributed by atoms with E-state index in [1.54, 1.807) is 42.5 Å². The number of phenolic OH excluding ortho intramolecular Hbond substituents is 1. The molecule has 0 saturated carbocycles. The van der Waals surface area contributed by atoms with Crippen molar-refractivity contribution < 1.29 is 77.3 Å². The van der Waals surface area contributed by atoms with Crippen LogP contribution in [0.2, 0.25) is 0 Å². The molecule has 494 valence electrons. The maximum absolute atomic E-state index is 14.1. The number of amides is 13. The average molecular weight is 1280 g/mol. The van der Waals surface area contributed by atoms with E-state index in [0.29, 0.717) is 30.4 Å². The Morgan fingerprint density at radius 3 is 1.90 bits per heavy atom. The highest BCUT2D eigenvalue weighted by Crippen LogP contribution is 2.26. The van der Waals surface area contributed by atoms with Crippen LogP contribution in [0.25, 0.3) is 0 Å². The van der Waals surface area contributed by atoms with Crippen LogP contribution in [-0.2, 0) is 80.0 Å². The summed E-state index contributed by atoms with van der Waals surface area (Å²) in [7, 11) is 1.49. The highest BCUT2D eigenvalue weighted by atomic mass is 32.2. The molecule has 7 atom stereocenters. The molecule has 32 heteroatoms. The molecule has 90 heavy (non-hydrogen) atoms. The molecule has 0 aromatic heterocycles. The van der Waals surface area contributed by atoms with Gasteiger partial charge in [-0.3, -0.25) is 77.3 Å². The zero-order valence-corrected chi connectivity index (χ0v) is 51.1. The molecule has 2 aromatic rings. The molecule has 2 aliphatic rings. The van der Waals surface area contributed by atoms with E-state index in [0.717, 1.165) is 16.7 Å². The number of thioether (sulfide) groups is 1. The number of likely N-dealkylation sites (tertiary alicyclic amines) is 1. The first-order valence-electron chi connectivity index (χ1n) is 29.8. The standard InChI is InChI=1S/C58H85N15O16S/c1-62-44(75)17-10-18-47(78)67-39(29-35-19-21-36(74)22-20-35)53(85)64-25-8-3-6-16-46(77)69-42(51(59)83)33-90-43-31-49(80)73(57(43)89)27-23-45(76)63-24-9-7-14-38-54(86)70-37(15-11-26-65-58(60)61)52(84)66-32-48(79)68-41(30-50(81)82)56(88)72-40(55(87)71-38)28-34-12-4-2-5-13-34/h2,4-5,12-13,19-22,37-43,58,65,74H,3,6-11,14-18,23-33,60-61H2,1H3,(H2,59,83)(H,62,75)(H,63,76)(H,64,85)(H,66,84)(H,67,78)(H,68,79)(H,69,77)(H,70,86)(H,71,87)(H,72,88)(H,81,82)/t37-,38?,39?,40?,41?,42?,43?/m0/s1. The van der Waals surface area contributed by atoms with E-state index in [-0.39, 0.29) is 127 Å². The number of carbonyl (C=O) groups is 14. The monoisotopic (exact) mass is 1280 g/mol. The number of primary amides is 1. The van der Waals surface area contributed by atoms with E-state index in [4.69, 9.17) is 17.2 Å². The lowest BCUT2D eigenvalue weighted by molar-refractivity contribution is -0.141. The van der Waals surface area contributed by atoms with Crippen molar-refractivity contribution in [3.63, 3.8) is 0 Å². The number of nitrogens with two attached hydrogens (primary N) is 3. The third-order valence-electron chi connectivity index (χ3n) is 14.3. The number of nitrogens with zero attached hydrogens (tertiary/aromatic N) is 1. The van der Waals surface area contributed by atoms with Gasteiger partial charge in [-0.25, -0.2) is 0 Å². The van der Waals surface area contributed by atoms with E-state index in [1.165, 1.54) is 19.2 Å². The third-order valence-corrected chi connectivity index (χ3v) is 15.6. The summed E-state index contributed by atoms with van der Waals surface area (Å²) in [4.78, 5) is 183. The number of hydrogen-bond donors (Lipinski definition) is 16. The van der Waals surface area contributed by atoms with Crippen LogP contribution >= 0.6 is 11.8 Å². The predicted octanol–water partition coefficient (Wildman–Crippen LogP) is -4.12. The number of hydrogen-bond acceptors (Lipinski definition) is 19. The van der Waals surface area contributed by atoms with E-state index < -0.39 is 138 Å². The topological polar surface area (TPSA) is 493 Å². The van der Waals surface area contributed by atoms with Gasteiger partial charge in [0, 0.05) is 77.4 Å². The predicted molar refractivity (Wildman–Crippen MR) is 326 cm³/mol. The molecule has 2 heterocycles. The normalized spacial score (nSPS) is 18.9. The molecule has 4 rings (SSSR count). The van der Waals surface area contributed by atoms with Gasteiger partial charge in [-0.2, -0.15) is 0 Å². The number of rotatable bonds is 36. The Morgan fingerprint density at radius 2 is 1.23 bits per heavy atom. The molecule has 2 aromatic carbocycles.